The molecule has 2 fully saturated rings. The van der Waals surface area contributed by atoms with Gasteiger partial charge in [-0.25, -0.2) is 9.18 Å². The molecule has 0 amide bonds. The fourth-order valence-corrected chi connectivity index (χ4v) is 3.55. The van der Waals surface area contributed by atoms with E-state index in [1.807, 2.05) is 4.57 Å². The normalized spacial score (nSPS) is 22.7. The first-order chi connectivity index (χ1) is 12.0. The van der Waals surface area contributed by atoms with Crippen LogP contribution >= 0.6 is 0 Å². The third kappa shape index (κ3) is 2.74. The van der Waals surface area contributed by atoms with Crippen LogP contribution in [0, 0.1) is 5.82 Å². The Labute approximate surface area is 144 Å². The summed E-state index contributed by atoms with van der Waals surface area (Å²) < 4.78 is 21.5. The number of hydrogen-bond acceptors (Lipinski definition) is 4. The zero-order chi connectivity index (χ0) is 17.7. The number of ether oxygens (including phenoxy) is 1. The fourth-order valence-electron chi connectivity index (χ4n) is 3.55. The van der Waals surface area contributed by atoms with Crippen molar-refractivity contribution in [2.45, 2.75) is 50.7 Å². The summed E-state index contributed by atoms with van der Waals surface area (Å²) in [6.07, 6.45) is 4.19. The van der Waals surface area contributed by atoms with Crippen molar-refractivity contribution in [1.82, 2.24) is 4.57 Å². The van der Waals surface area contributed by atoms with E-state index in [4.69, 9.17) is 4.74 Å². The van der Waals surface area contributed by atoms with Gasteiger partial charge in [-0.1, -0.05) is 0 Å². The SMILES string of the molecule is CCOC(=O)c1cn(C2CC2)c2cc(C3CC(O)C3)c(F)cc2c1=O. The van der Waals surface area contributed by atoms with Gasteiger partial charge in [0.25, 0.3) is 0 Å². The molecule has 2 aliphatic carbocycles. The lowest BCUT2D eigenvalue weighted by atomic mass is 9.77. The van der Waals surface area contributed by atoms with Gasteiger partial charge in [-0.05, 0) is 56.2 Å². The third-order valence-electron chi connectivity index (χ3n) is 5.14. The van der Waals surface area contributed by atoms with Crippen LogP contribution in [0.4, 0.5) is 4.39 Å². The van der Waals surface area contributed by atoms with E-state index in [0.717, 1.165) is 12.8 Å². The summed E-state index contributed by atoms with van der Waals surface area (Å²) in [5.74, 6) is -1.15. The van der Waals surface area contributed by atoms with Crippen LogP contribution in [0.1, 0.15) is 60.5 Å². The number of halogens is 1. The van der Waals surface area contributed by atoms with E-state index in [2.05, 4.69) is 0 Å². The Morgan fingerprint density at radius 1 is 1.36 bits per heavy atom. The maximum Gasteiger partial charge on any atom is 0.343 e. The lowest BCUT2D eigenvalue weighted by molar-refractivity contribution is 0.0524. The Kier molecular flexibility index (Phi) is 3.87. The van der Waals surface area contributed by atoms with Gasteiger partial charge in [0.1, 0.15) is 11.4 Å². The monoisotopic (exact) mass is 345 g/mol. The summed E-state index contributed by atoms with van der Waals surface area (Å²) in [6.45, 7) is 1.86. The standard InChI is InChI=1S/C19H20FNO4/c1-2-25-19(24)15-9-21(11-3-4-11)17-8-13(10-5-12(22)6-10)16(20)7-14(17)18(15)23/h7-12,22H,2-6H2,1H3. The molecule has 1 N–H and O–H groups in total. The first-order valence-electron chi connectivity index (χ1n) is 8.73. The van der Waals surface area contributed by atoms with Gasteiger partial charge < -0.3 is 14.4 Å². The van der Waals surface area contributed by atoms with Gasteiger partial charge in [0.2, 0.25) is 5.43 Å². The Balaban J connectivity index is 1.90. The molecule has 0 radical (unpaired) electrons. The van der Waals surface area contributed by atoms with E-state index >= 15 is 0 Å². The lowest BCUT2D eigenvalue weighted by Crippen LogP contribution is -2.27. The van der Waals surface area contributed by atoms with E-state index in [1.54, 1.807) is 19.2 Å². The molecule has 132 valence electrons. The molecule has 5 nitrogen and oxygen atoms in total. The average Bonchev–Trinajstić information content (AvgIpc) is 3.37. The largest absolute Gasteiger partial charge is 0.462 e. The van der Waals surface area contributed by atoms with E-state index in [0.29, 0.717) is 23.9 Å². The van der Waals surface area contributed by atoms with Gasteiger partial charge in [-0.3, -0.25) is 4.79 Å². The molecule has 2 aromatic rings. The highest BCUT2D eigenvalue weighted by Crippen LogP contribution is 2.41. The number of hydrogen-bond donors (Lipinski definition) is 1. The number of aliphatic hydroxyl groups is 1. The van der Waals surface area contributed by atoms with E-state index in [9.17, 15) is 19.1 Å². The van der Waals surface area contributed by atoms with E-state index < -0.39 is 17.2 Å². The van der Waals surface area contributed by atoms with Gasteiger partial charge >= 0.3 is 5.97 Å². The number of pyridine rings is 1. The van der Waals surface area contributed by atoms with Gasteiger partial charge in [0.05, 0.1) is 18.2 Å². The second kappa shape index (κ2) is 5.95. The van der Waals surface area contributed by atoms with Crippen molar-refractivity contribution in [2.24, 2.45) is 0 Å². The van der Waals surface area contributed by atoms with Crippen LogP contribution in [0.15, 0.2) is 23.1 Å². The van der Waals surface area contributed by atoms with Crippen molar-refractivity contribution >= 4 is 16.9 Å². The highest BCUT2D eigenvalue weighted by atomic mass is 19.1. The van der Waals surface area contributed by atoms with Gasteiger partial charge in [0, 0.05) is 17.6 Å². The van der Waals surface area contributed by atoms with Crippen molar-refractivity contribution in [3.05, 3.63) is 45.5 Å². The predicted octanol–water partition coefficient (Wildman–Crippen LogP) is 2.89. The number of carbonyl (C=O) groups is 1. The van der Waals surface area contributed by atoms with Crippen LogP contribution in [-0.2, 0) is 4.74 Å². The topological polar surface area (TPSA) is 68.5 Å². The minimum absolute atomic E-state index is 0.0214. The molecule has 6 heteroatoms. The van der Waals surface area contributed by atoms with Crippen molar-refractivity contribution in [3.63, 3.8) is 0 Å². The summed E-state index contributed by atoms with van der Waals surface area (Å²) in [4.78, 5) is 24.8. The van der Waals surface area contributed by atoms with Crippen LogP contribution in [-0.4, -0.2) is 28.4 Å². The van der Waals surface area contributed by atoms with Crippen LogP contribution in [0.25, 0.3) is 10.9 Å². The van der Waals surface area contributed by atoms with Crippen LogP contribution < -0.4 is 5.43 Å². The molecule has 0 saturated heterocycles. The Bertz CT molecular complexity index is 910. The number of aromatic nitrogens is 1. The van der Waals surface area contributed by atoms with E-state index in [-0.39, 0.29) is 35.6 Å². The average molecular weight is 345 g/mol. The van der Waals surface area contributed by atoms with Crippen LogP contribution in [0.2, 0.25) is 0 Å². The maximum atomic E-state index is 14.6. The molecule has 0 aliphatic heterocycles. The van der Waals surface area contributed by atoms with Gasteiger partial charge in [-0.2, -0.15) is 0 Å². The number of benzene rings is 1. The second-order valence-electron chi connectivity index (χ2n) is 6.94. The smallest absolute Gasteiger partial charge is 0.343 e. The number of fused-ring (bicyclic) bond motifs is 1. The molecule has 0 atom stereocenters. The molecule has 0 spiro atoms. The molecule has 2 saturated carbocycles. The van der Waals surface area contributed by atoms with Crippen molar-refractivity contribution in [2.75, 3.05) is 6.61 Å². The Morgan fingerprint density at radius 2 is 2.08 bits per heavy atom. The molecule has 1 aromatic carbocycles. The Morgan fingerprint density at radius 3 is 2.68 bits per heavy atom. The summed E-state index contributed by atoms with van der Waals surface area (Å²) in [5, 5.41) is 9.71. The zero-order valence-corrected chi connectivity index (χ0v) is 14.0. The molecule has 25 heavy (non-hydrogen) atoms. The quantitative estimate of drug-likeness (QED) is 0.865. The summed E-state index contributed by atoms with van der Waals surface area (Å²) >= 11 is 0. The first-order valence-corrected chi connectivity index (χ1v) is 8.73. The third-order valence-corrected chi connectivity index (χ3v) is 5.14. The van der Waals surface area contributed by atoms with E-state index in [1.165, 1.54) is 6.07 Å². The second-order valence-corrected chi connectivity index (χ2v) is 6.94. The highest BCUT2D eigenvalue weighted by molar-refractivity contribution is 5.94. The molecule has 1 aromatic heterocycles. The van der Waals surface area contributed by atoms with Crippen molar-refractivity contribution in [1.29, 1.82) is 0 Å². The molecular formula is C19H20FNO4. The molecule has 4 rings (SSSR count). The highest BCUT2D eigenvalue weighted by Gasteiger charge is 2.32. The van der Waals surface area contributed by atoms with Crippen LogP contribution in [0.5, 0.6) is 0 Å². The summed E-state index contributed by atoms with van der Waals surface area (Å²) in [5.41, 5.74) is 0.644. The van der Waals surface area contributed by atoms with Gasteiger partial charge in [0.15, 0.2) is 0 Å². The van der Waals surface area contributed by atoms with Gasteiger partial charge in [-0.15, -0.1) is 0 Å². The van der Waals surface area contributed by atoms with Crippen LogP contribution in [0.3, 0.4) is 0 Å². The molecular weight excluding hydrogens is 325 g/mol. The molecule has 0 bridgehead atoms. The fraction of sp³-hybridized carbons (Fsp3) is 0.474. The number of esters is 1. The summed E-state index contributed by atoms with van der Waals surface area (Å²) in [6, 6.07) is 3.18. The van der Waals surface area contributed by atoms with Crippen molar-refractivity contribution in [3.8, 4) is 0 Å². The minimum atomic E-state index is -0.671. The Hall–Kier alpha value is -2.21. The maximum absolute atomic E-state index is 14.6. The number of aliphatic hydroxyl groups excluding tert-OH is 1. The zero-order valence-electron chi connectivity index (χ0n) is 14.0. The minimum Gasteiger partial charge on any atom is -0.462 e. The number of rotatable bonds is 4. The number of nitrogens with zero attached hydrogens (tertiary/aromatic N) is 1. The molecule has 2 aliphatic rings. The predicted molar refractivity (Wildman–Crippen MR) is 90.4 cm³/mol. The number of carbonyl (C=O) groups excluding carboxylic acids is 1. The molecule has 0 unspecified atom stereocenters. The molecule has 1 heterocycles. The van der Waals surface area contributed by atoms with Crippen molar-refractivity contribution < 1.29 is 19.0 Å². The summed E-state index contributed by atoms with van der Waals surface area (Å²) in [7, 11) is 0. The first kappa shape index (κ1) is 16.3. The lowest BCUT2D eigenvalue weighted by Gasteiger charge is -2.32.